The number of carbonyl (C=O) groups is 3. The number of carbonyl (C=O) groups excluding carboxylic acids is 3. The number of nitrogens with one attached hydrogen (secondary N) is 4. The number of para-hydroxylation sites is 1. The summed E-state index contributed by atoms with van der Waals surface area (Å²) in [6.45, 7) is 0.707. The summed E-state index contributed by atoms with van der Waals surface area (Å²) in [6.07, 6.45) is 3.33. The van der Waals surface area contributed by atoms with E-state index in [-0.39, 0.29) is 18.2 Å². The van der Waals surface area contributed by atoms with Gasteiger partial charge in [0, 0.05) is 36.2 Å². The Morgan fingerprint density at radius 3 is 2.82 bits per heavy atom. The minimum Gasteiger partial charge on any atom is -0.497 e. The first-order chi connectivity index (χ1) is 18.5. The predicted octanol–water partition coefficient (Wildman–Crippen LogP) is 3.83. The van der Waals surface area contributed by atoms with Gasteiger partial charge in [0.2, 0.25) is 5.91 Å². The van der Waals surface area contributed by atoms with Gasteiger partial charge in [0.05, 0.1) is 18.4 Å². The number of H-pyrrole nitrogens is 1. The number of hydrogen-bond donors (Lipinski definition) is 5. The van der Waals surface area contributed by atoms with Crippen molar-refractivity contribution in [2.24, 2.45) is 0 Å². The summed E-state index contributed by atoms with van der Waals surface area (Å²) in [4.78, 5) is 41.1. The van der Waals surface area contributed by atoms with Gasteiger partial charge in [-0.3, -0.25) is 19.6 Å². The summed E-state index contributed by atoms with van der Waals surface area (Å²) in [7, 11) is 1.62. The fourth-order valence-corrected chi connectivity index (χ4v) is 4.70. The number of methoxy groups -OCH3 is 1. The Hall–Kier alpha value is -3.89. The van der Waals surface area contributed by atoms with Crippen LogP contribution in [-0.4, -0.2) is 47.7 Å². The van der Waals surface area contributed by atoms with Crippen LogP contribution in [-0.2, 0) is 27.3 Å². The summed E-state index contributed by atoms with van der Waals surface area (Å²) in [6, 6.07) is 12.7. The van der Waals surface area contributed by atoms with Crippen molar-refractivity contribution < 1.29 is 29.1 Å². The molecule has 0 saturated carbocycles. The number of benzene rings is 2. The topological polar surface area (TPSA) is 142 Å². The lowest BCUT2D eigenvalue weighted by atomic mass is 10.1. The maximum Gasteiger partial charge on any atom is 0.253 e. The van der Waals surface area contributed by atoms with Gasteiger partial charge in [-0.1, -0.05) is 25.0 Å². The summed E-state index contributed by atoms with van der Waals surface area (Å²) >= 11 is 0. The third-order valence-electron chi connectivity index (χ3n) is 6.73. The highest BCUT2D eigenvalue weighted by molar-refractivity contribution is 6.04. The van der Waals surface area contributed by atoms with Gasteiger partial charge in [-0.2, -0.15) is 0 Å². The number of hydroxylamine groups is 1. The van der Waals surface area contributed by atoms with E-state index in [4.69, 9.17) is 14.7 Å². The van der Waals surface area contributed by atoms with E-state index in [9.17, 15) is 14.4 Å². The lowest BCUT2D eigenvalue weighted by molar-refractivity contribution is -0.129. The normalized spacial score (nSPS) is 16.5. The molecule has 2 heterocycles. The highest BCUT2D eigenvalue weighted by Crippen LogP contribution is 2.28. The highest BCUT2D eigenvalue weighted by Gasteiger charge is 2.23. The molecule has 0 radical (unpaired) electrons. The monoisotopic (exact) mass is 522 g/mol. The zero-order valence-electron chi connectivity index (χ0n) is 21.5. The fourth-order valence-electron chi connectivity index (χ4n) is 4.70. The molecule has 38 heavy (non-hydrogen) atoms. The van der Waals surface area contributed by atoms with Crippen molar-refractivity contribution in [2.75, 3.05) is 19.0 Å². The Morgan fingerprint density at radius 1 is 1.16 bits per heavy atom. The van der Waals surface area contributed by atoms with Crippen molar-refractivity contribution in [3.05, 3.63) is 59.3 Å². The Kier molecular flexibility index (Phi) is 9.34. The second-order valence-electron chi connectivity index (χ2n) is 9.31. The van der Waals surface area contributed by atoms with E-state index < -0.39 is 12.0 Å². The van der Waals surface area contributed by atoms with Gasteiger partial charge < -0.3 is 25.1 Å². The number of rotatable bonds is 7. The molecule has 0 saturated heterocycles. The smallest absolute Gasteiger partial charge is 0.253 e. The standard InChI is InChI=1S/C28H34N4O6/c1-37-18-13-14-24-20(16-18)21-17-29-27(34)19-8-5-6-9-22(19)31-28(35)25(38-15-7-10-23(21)30-24)11-3-2-4-12-26(33)32-36/h5-6,8-9,13-14,16,25,30,36H,2-4,7,10-12,15,17H2,1H3,(H,29,34)(H,31,35)(H,32,33)/t25-/m1/s1. The molecule has 202 valence electrons. The molecule has 0 unspecified atom stereocenters. The molecule has 1 aromatic heterocycles. The van der Waals surface area contributed by atoms with E-state index in [0.29, 0.717) is 62.9 Å². The lowest BCUT2D eigenvalue weighted by Crippen LogP contribution is -2.32. The molecule has 3 aromatic rings. The first-order valence-corrected chi connectivity index (χ1v) is 12.9. The van der Waals surface area contributed by atoms with Gasteiger partial charge in [-0.05, 0) is 61.6 Å². The van der Waals surface area contributed by atoms with Crippen LogP contribution in [0.15, 0.2) is 42.5 Å². The van der Waals surface area contributed by atoms with Gasteiger partial charge in [0.25, 0.3) is 11.8 Å². The number of unbranched alkanes of at least 4 members (excludes halogenated alkanes) is 2. The third kappa shape index (κ3) is 6.70. The van der Waals surface area contributed by atoms with E-state index in [0.717, 1.165) is 27.9 Å². The van der Waals surface area contributed by atoms with Crippen LogP contribution in [0.25, 0.3) is 10.9 Å². The first-order valence-electron chi connectivity index (χ1n) is 12.9. The molecule has 4 rings (SSSR count). The molecule has 1 aliphatic rings. The molecule has 1 atom stereocenters. The molecule has 0 fully saturated rings. The Bertz CT molecular complexity index is 1290. The lowest BCUT2D eigenvalue weighted by Gasteiger charge is -2.20. The Balaban J connectivity index is 1.55. The Morgan fingerprint density at radius 2 is 2.00 bits per heavy atom. The number of fused-ring (bicyclic) bond motifs is 4. The van der Waals surface area contributed by atoms with Gasteiger partial charge in [0.1, 0.15) is 11.9 Å². The maximum absolute atomic E-state index is 13.2. The number of aromatic nitrogens is 1. The van der Waals surface area contributed by atoms with Gasteiger partial charge in [0.15, 0.2) is 0 Å². The molecule has 5 N–H and O–H groups in total. The van der Waals surface area contributed by atoms with E-state index in [1.54, 1.807) is 36.9 Å². The van der Waals surface area contributed by atoms with Crippen molar-refractivity contribution in [3.8, 4) is 5.75 Å². The van der Waals surface area contributed by atoms with E-state index in [1.165, 1.54) is 0 Å². The molecule has 10 nitrogen and oxygen atoms in total. The minimum atomic E-state index is -0.702. The molecule has 1 aliphatic heterocycles. The molecule has 0 spiro atoms. The minimum absolute atomic E-state index is 0.218. The van der Waals surface area contributed by atoms with E-state index in [2.05, 4.69) is 15.6 Å². The zero-order chi connectivity index (χ0) is 26.9. The van der Waals surface area contributed by atoms with E-state index in [1.807, 2.05) is 18.2 Å². The highest BCUT2D eigenvalue weighted by atomic mass is 16.5. The molecular weight excluding hydrogens is 488 g/mol. The average molecular weight is 523 g/mol. The largest absolute Gasteiger partial charge is 0.497 e. The molecule has 10 heteroatoms. The predicted molar refractivity (Wildman–Crippen MR) is 142 cm³/mol. The summed E-state index contributed by atoms with van der Waals surface area (Å²) in [5.41, 5.74) is 5.37. The third-order valence-corrected chi connectivity index (χ3v) is 6.73. The number of aryl methyl sites for hydroxylation is 1. The van der Waals surface area contributed by atoms with Crippen LogP contribution < -0.4 is 20.9 Å². The van der Waals surface area contributed by atoms with Crippen LogP contribution >= 0.6 is 0 Å². The van der Waals surface area contributed by atoms with Crippen LogP contribution in [0.3, 0.4) is 0 Å². The number of amides is 3. The van der Waals surface area contributed by atoms with Gasteiger partial charge in [-0.25, -0.2) is 5.48 Å². The van der Waals surface area contributed by atoms with Gasteiger partial charge >= 0.3 is 0 Å². The second-order valence-corrected chi connectivity index (χ2v) is 9.31. The summed E-state index contributed by atoms with van der Waals surface area (Å²) in [5.74, 6) is -0.294. The van der Waals surface area contributed by atoms with Crippen LogP contribution in [0.4, 0.5) is 5.69 Å². The molecule has 0 aliphatic carbocycles. The van der Waals surface area contributed by atoms with Crippen LogP contribution in [0, 0.1) is 0 Å². The molecule has 2 aromatic carbocycles. The maximum atomic E-state index is 13.2. The van der Waals surface area contributed by atoms with Crippen molar-refractivity contribution in [2.45, 2.75) is 57.6 Å². The SMILES string of the molecule is COc1ccc2[nH]c3c(c2c1)CNC(=O)c1ccccc1NC(=O)[C@@H](CCCCCC(=O)NO)OCCC3. The number of ether oxygens (including phenoxy) is 2. The average Bonchev–Trinajstić information content (AvgIpc) is 3.28. The molecular formula is C28H34N4O6. The quantitative estimate of drug-likeness (QED) is 0.181. The molecule has 0 bridgehead atoms. The fraction of sp³-hybridized carbons (Fsp3) is 0.393. The first kappa shape index (κ1) is 27.2. The van der Waals surface area contributed by atoms with Crippen LogP contribution in [0.2, 0.25) is 0 Å². The number of hydrogen-bond acceptors (Lipinski definition) is 6. The van der Waals surface area contributed by atoms with Crippen molar-refractivity contribution in [1.82, 2.24) is 15.8 Å². The Labute approximate surface area is 221 Å². The number of anilines is 1. The van der Waals surface area contributed by atoms with Crippen LogP contribution in [0.5, 0.6) is 5.75 Å². The second kappa shape index (κ2) is 13.1. The van der Waals surface area contributed by atoms with Gasteiger partial charge in [-0.15, -0.1) is 0 Å². The van der Waals surface area contributed by atoms with Crippen molar-refractivity contribution >= 4 is 34.3 Å². The molecule has 3 amide bonds. The van der Waals surface area contributed by atoms with E-state index >= 15 is 0 Å². The summed E-state index contributed by atoms with van der Waals surface area (Å²) < 4.78 is 11.5. The summed E-state index contributed by atoms with van der Waals surface area (Å²) in [5, 5.41) is 15.5. The van der Waals surface area contributed by atoms with Crippen LogP contribution in [0.1, 0.15) is 60.1 Å². The van der Waals surface area contributed by atoms with Crippen molar-refractivity contribution in [3.63, 3.8) is 0 Å². The van der Waals surface area contributed by atoms with Crippen molar-refractivity contribution in [1.29, 1.82) is 0 Å². The number of aromatic amines is 1. The zero-order valence-corrected chi connectivity index (χ0v) is 21.5.